The van der Waals surface area contributed by atoms with Gasteiger partial charge in [0, 0.05) is 13.8 Å². The summed E-state index contributed by atoms with van der Waals surface area (Å²) in [6.45, 7) is 3.89. The lowest BCUT2D eigenvalue weighted by atomic mass is 10.1. The summed E-state index contributed by atoms with van der Waals surface area (Å²) in [5.41, 5.74) is 0.0939. The van der Waals surface area contributed by atoms with Gasteiger partial charge in [-0.25, -0.2) is 0 Å². The predicted octanol–water partition coefficient (Wildman–Crippen LogP) is 2.35. The molecule has 0 heterocycles. The Morgan fingerprint density at radius 3 is 2.16 bits per heavy atom. The fraction of sp³-hybridized carbons (Fsp3) is 0.308. The molecule has 1 aromatic rings. The highest BCUT2D eigenvalue weighted by Gasteiger charge is 2.22. The molecule has 0 fully saturated rings. The van der Waals surface area contributed by atoms with Gasteiger partial charge < -0.3 is 9.47 Å². The molecule has 0 aliphatic carbocycles. The molecule has 1 atom stereocenters. The number of rotatable bonds is 4. The number of halogens is 1. The molecule has 19 heavy (non-hydrogen) atoms. The molecular weight excluding hydrogens is 272 g/mol. The van der Waals surface area contributed by atoms with E-state index in [4.69, 9.17) is 21.1 Å². The largest absolute Gasteiger partial charge is 0.423 e. The number of alkyl halides is 1. The number of carbonyl (C=O) groups is 3. The van der Waals surface area contributed by atoms with Crippen molar-refractivity contribution in [1.82, 2.24) is 0 Å². The molecule has 0 N–H and O–H groups in total. The van der Waals surface area contributed by atoms with Crippen molar-refractivity contribution >= 4 is 29.3 Å². The van der Waals surface area contributed by atoms with Gasteiger partial charge in [0.2, 0.25) is 0 Å². The van der Waals surface area contributed by atoms with Crippen LogP contribution in [-0.2, 0) is 9.59 Å². The van der Waals surface area contributed by atoms with Crippen molar-refractivity contribution in [3.63, 3.8) is 0 Å². The van der Waals surface area contributed by atoms with Crippen molar-refractivity contribution in [3.05, 3.63) is 23.8 Å². The number of para-hydroxylation sites is 1. The normalized spacial score (nSPS) is 11.6. The summed E-state index contributed by atoms with van der Waals surface area (Å²) in [5.74, 6) is -1.73. The van der Waals surface area contributed by atoms with Crippen molar-refractivity contribution in [2.75, 3.05) is 0 Å². The van der Waals surface area contributed by atoms with E-state index in [0.717, 1.165) is 0 Å². The maximum atomic E-state index is 11.9. The second kappa shape index (κ2) is 6.33. The summed E-state index contributed by atoms with van der Waals surface area (Å²) >= 11 is 5.73. The summed E-state index contributed by atoms with van der Waals surface area (Å²) in [5, 5.41) is -0.790. The summed E-state index contributed by atoms with van der Waals surface area (Å²) in [6, 6.07) is 4.39. The van der Waals surface area contributed by atoms with Gasteiger partial charge in [0.25, 0.3) is 0 Å². The first-order valence-corrected chi connectivity index (χ1v) is 5.94. The molecule has 0 aliphatic heterocycles. The van der Waals surface area contributed by atoms with Crippen LogP contribution in [0.5, 0.6) is 11.5 Å². The minimum Gasteiger partial charge on any atom is -0.423 e. The molecule has 0 radical (unpaired) electrons. The zero-order valence-electron chi connectivity index (χ0n) is 10.7. The lowest BCUT2D eigenvalue weighted by Gasteiger charge is -2.13. The Morgan fingerprint density at radius 2 is 1.68 bits per heavy atom. The third kappa shape index (κ3) is 4.06. The van der Waals surface area contributed by atoms with Crippen LogP contribution in [-0.4, -0.2) is 23.1 Å². The van der Waals surface area contributed by atoms with E-state index in [-0.39, 0.29) is 17.1 Å². The Balaban J connectivity index is 3.33. The topological polar surface area (TPSA) is 69.7 Å². The van der Waals surface area contributed by atoms with Crippen molar-refractivity contribution < 1.29 is 23.9 Å². The molecule has 0 aromatic heterocycles. The zero-order valence-corrected chi connectivity index (χ0v) is 11.5. The lowest BCUT2D eigenvalue weighted by molar-refractivity contribution is -0.134. The summed E-state index contributed by atoms with van der Waals surface area (Å²) in [7, 11) is 0. The van der Waals surface area contributed by atoms with E-state index < -0.39 is 23.1 Å². The fourth-order valence-electron chi connectivity index (χ4n) is 1.41. The SMILES string of the molecule is CC(=O)Oc1cccc(C(=O)C(C)Cl)c1OC(C)=O. The molecule has 1 rings (SSSR count). The second-order valence-electron chi connectivity index (χ2n) is 3.80. The molecule has 0 amide bonds. The molecule has 5 nitrogen and oxygen atoms in total. The molecule has 0 aliphatic rings. The predicted molar refractivity (Wildman–Crippen MR) is 68.7 cm³/mol. The molecule has 0 bridgehead atoms. The number of carbonyl (C=O) groups excluding carboxylic acids is 3. The van der Waals surface area contributed by atoms with E-state index in [2.05, 4.69) is 0 Å². The highest BCUT2D eigenvalue weighted by atomic mass is 35.5. The van der Waals surface area contributed by atoms with Crippen LogP contribution in [0.15, 0.2) is 18.2 Å². The van der Waals surface area contributed by atoms with Crippen LogP contribution in [0, 0.1) is 0 Å². The van der Waals surface area contributed by atoms with E-state index in [0.29, 0.717) is 0 Å². The van der Waals surface area contributed by atoms with Crippen LogP contribution in [0.4, 0.5) is 0 Å². The maximum Gasteiger partial charge on any atom is 0.308 e. The van der Waals surface area contributed by atoms with Gasteiger partial charge in [-0.3, -0.25) is 14.4 Å². The van der Waals surface area contributed by atoms with Crippen LogP contribution >= 0.6 is 11.6 Å². The van der Waals surface area contributed by atoms with Crippen molar-refractivity contribution in [2.45, 2.75) is 26.1 Å². The van der Waals surface area contributed by atoms with E-state index >= 15 is 0 Å². The van der Waals surface area contributed by atoms with Gasteiger partial charge >= 0.3 is 11.9 Å². The smallest absolute Gasteiger partial charge is 0.308 e. The Hall–Kier alpha value is -1.88. The summed E-state index contributed by atoms with van der Waals surface area (Å²) < 4.78 is 9.86. The quantitative estimate of drug-likeness (QED) is 0.367. The molecule has 6 heteroatoms. The molecule has 102 valence electrons. The third-order valence-corrected chi connectivity index (χ3v) is 2.30. The van der Waals surface area contributed by atoms with E-state index in [1.807, 2.05) is 0 Å². The Morgan fingerprint density at radius 1 is 1.11 bits per heavy atom. The van der Waals surface area contributed by atoms with Gasteiger partial charge in [-0.2, -0.15) is 0 Å². The van der Waals surface area contributed by atoms with Crippen molar-refractivity contribution in [1.29, 1.82) is 0 Å². The standard InChI is InChI=1S/C13H13ClO5/c1-7(14)12(17)10-5-4-6-11(18-8(2)15)13(10)19-9(3)16/h4-7H,1-3H3. The fourth-order valence-corrected chi connectivity index (χ4v) is 1.53. The maximum absolute atomic E-state index is 11.9. The molecule has 0 saturated carbocycles. The second-order valence-corrected chi connectivity index (χ2v) is 4.46. The molecule has 0 saturated heterocycles. The van der Waals surface area contributed by atoms with Crippen molar-refractivity contribution in [2.24, 2.45) is 0 Å². The minimum absolute atomic E-state index is 0.00543. The molecular formula is C13H13ClO5. The molecule has 1 unspecified atom stereocenters. The number of benzene rings is 1. The average molecular weight is 285 g/mol. The first kappa shape index (κ1) is 15.2. The average Bonchev–Trinajstić information content (AvgIpc) is 2.29. The number of Topliss-reactive ketones (excluding diaryl/α,β-unsaturated/α-hetero) is 1. The van der Waals surface area contributed by atoms with Gasteiger partial charge in [0.15, 0.2) is 17.3 Å². The highest BCUT2D eigenvalue weighted by Crippen LogP contribution is 2.33. The number of hydrogen-bond acceptors (Lipinski definition) is 5. The monoisotopic (exact) mass is 284 g/mol. The first-order chi connectivity index (χ1) is 8.82. The Labute approximate surface area is 115 Å². The third-order valence-electron chi connectivity index (χ3n) is 2.11. The molecule has 1 aromatic carbocycles. The number of esters is 2. The van der Waals surface area contributed by atoms with Crippen LogP contribution in [0.1, 0.15) is 31.1 Å². The van der Waals surface area contributed by atoms with Gasteiger partial charge in [-0.15, -0.1) is 11.6 Å². The highest BCUT2D eigenvalue weighted by molar-refractivity contribution is 6.34. The molecule has 0 spiro atoms. The Kier molecular flexibility index (Phi) is 5.06. The van der Waals surface area contributed by atoms with Gasteiger partial charge in [-0.1, -0.05) is 6.07 Å². The summed E-state index contributed by atoms with van der Waals surface area (Å²) in [6.07, 6.45) is 0. The van der Waals surface area contributed by atoms with E-state index in [1.165, 1.54) is 39.0 Å². The van der Waals surface area contributed by atoms with Crippen LogP contribution in [0.3, 0.4) is 0 Å². The lowest BCUT2D eigenvalue weighted by Crippen LogP contribution is -2.15. The van der Waals surface area contributed by atoms with E-state index in [1.54, 1.807) is 0 Å². The van der Waals surface area contributed by atoms with Crippen molar-refractivity contribution in [3.8, 4) is 11.5 Å². The number of hydrogen-bond donors (Lipinski definition) is 0. The van der Waals surface area contributed by atoms with Crippen LogP contribution < -0.4 is 9.47 Å². The van der Waals surface area contributed by atoms with E-state index in [9.17, 15) is 14.4 Å². The zero-order chi connectivity index (χ0) is 14.6. The van der Waals surface area contributed by atoms with Crippen LogP contribution in [0.25, 0.3) is 0 Å². The summed E-state index contributed by atoms with van der Waals surface area (Å²) in [4.78, 5) is 34.0. The van der Waals surface area contributed by atoms with Gasteiger partial charge in [-0.05, 0) is 19.1 Å². The first-order valence-electron chi connectivity index (χ1n) is 5.51. The number of ketones is 1. The number of ether oxygens (including phenoxy) is 2. The van der Waals surface area contributed by atoms with Gasteiger partial charge in [0.05, 0.1) is 10.9 Å². The minimum atomic E-state index is -0.790. The van der Waals surface area contributed by atoms with Crippen LogP contribution in [0.2, 0.25) is 0 Å². The Bertz CT molecular complexity index is 522. The van der Waals surface area contributed by atoms with Gasteiger partial charge in [0.1, 0.15) is 0 Å².